The highest BCUT2D eigenvalue weighted by Gasteiger charge is 2.30. The average Bonchev–Trinajstić information content (AvgIpc) is 3.47. The Morgan fingerprint density at radius 2 is 2.03 bits per heavy atom. The smallest absolute Gasteiger partial charge is 0.233 e. The molecular formula is C24H28N4O2S. The Hall–Kier alpha value is -2.80. The molecule has 7 heteroatoms. The lowest BCUT2D eigenvalue weighted by Crippen LogP contribution is -2.32. The maximum atomic E-state index is 13.1. The first-order valence-corrected chi connectivity index (χ1v) is 11.6. The number of benzene rings is 2. The average molecular weight is 437 g/mol. The predicted octanol–water partition coefficient (Wildman–Crippen LogP) is 4.86. The minimum absolute atomic E-state index is 0.102. The zero-order valence-electron chi connectivity index (χ0n) is 18.2. The van der Waals surface area contributed by atoms with Crippen molar-refractivity contribution in [3.8, 4) is 11.4 Å². The van der Waals surface area contributed by atoms with Gasteiger partial charge in [0.15, 0.2) is 5.16 Å². The molecule has 1 fully saturated rings. The summed E-state index contributed by atoms with van der Waals surface area (Å²) in [7, 11) is 1.67. The largest absolute Gasteiger partial charge is 0.497 e. The van der Waals surface area contributed by atoms with E-state index in [2.05, 4.69) is 54.4 Å². The summed E-state index contributed by atoms with van der Waals surface area (Å²) in [6.45, 7) is 5.14. The van der Waals surface area contributed by atoms with E-state index in [0.29, 0.717) is 11.7 Å². The number of hydrogen-bond acceptors (Lipinski definition) is 5. The molecule has 6 nitrogen and oxygen atoms in total. The number of aromatic nitrogens is 3. The number of ether oxygens (including phenoxy) is 1. The van der Waals surface area contributed by atoms with Gasteiger partial charge in [-0.1, -0.05) is 49.9 Å². The van der Waals surface area contributed by atoms with Crippen LogP contribution in [0.25, 0.3) is 5.69 Å². The third-order valence-electron chi connectivity index (χ3n) is 5.73. The molecule has 1 saturated heterocycles. The van der Waals surface area contributed by atoms with Crippen LogP contribution in [0.1, 0.15) is 49.8 Å². The van der Waals surface area contributed by atoms with E-state index in [4.69, 9.17) is 4.74 Å². The number of thioether (sulfide) groups is 1. The van der Waals surface area contributed by atoms with Gasteiger partial charge in [0.2, 0.25) is 5.91 Å². The summed E-state index contributed by atoms with van der Waals surface area (Å²) in [6, 6.07) is 16.5. The van der Waals surface area contributed by atoms with Crippen molar-refractivity contribution in [2.24, 2.45) is 0 Å². The lowest BCUT2D eigenvalue weighted by Gasteiger charge is -2.25. The maximum Gasteiger partial charge on any atom is 0.233 e. The van der Waals surface area contributed by atoms with Crippen LogP contribution >= 0.6 is 11.8 Å². The number of methoxy groups -OCH3 is 1. The minimum Gasteiger partial charge on any atom is -0.497 e. The highest BCUT2D eigenvalue weighted by atomic mass is 32.2. The van der Waals surface area contributed by atoms with Crippen LogP contribution in [0.15, 0.2) is 60.0 Å². The monoisotopic (exact) mass is 436 g/mol. The van der Waals surface area contributed by atoms with Crippen LogP contribution in [0.2, 0.25) is 0 Å². The first kappa shape index (κ1) is 21.4. The summed E-state index contributed by atoms with van der Waals surface area (Å²) < 4.78 is 7.29. The van der Waals surface area contributed by atoms with Gasteiger partial charge in [-0.15, -0.1) is 10.2 Å². The van der Waals surface area contributed by atoms with E-state index in [1.54, 1.807) is 13.4 Å². The normalized spacial score (nSPS) is 16.1. The van der Waals surface area contributed by atoms with Gasteiger partial charge in [0.05, 0.1) is 18.9 Å². The van der Waals surface area contributed by atoms with Crippen molar-refractivity contribution in [2.75, 3.05) is 19.4 Å². The van der Waals surface area contributed by atoms with Gasteiger partial charge in [-0.3, -0.25) is 9.36 Å². The molecule has 1 aromatic heterocycles. The molecule has 2 aromatic carbocycles. The van der Waals surface area contributed by atoms with E-state index in [9.17, 15) is 4.79 Å². The maximum absolute atomic E-state index is 13.1. The van der Waals surface area contributed by atoms with Gasteiger partial charge in [-0.05, 0) is 54.2 Å². The van der Waals surface area contributed by atoms with Crippen LogP contribution in [0.4, 0.5) is 0 Å². The summed E-state index contributed by atoms with van der Waals surface area (Å²) in [6.07, 6.45) is 3.69. The molecule has 0 N–H and O–H groups in total. The van der Waals surface area contributed by atoms with Crippen molar-refractivity contribution in [1.82, 2.24) is 19.7 Å². The van der Waals surface area contributed by atoms with Gasteiger partial charge in [0, 0.05) is 12.2 Å². The molecule has 4 rings (SSSR count). The fourth-order valence-electron chi connectivity index (χ4n) is 3.99. The van der Waals surface area contributed by atoms with Crippen LogP contribution in [0.5, 0.6) is 5.75 Å². The number of hydrogen-bond donors (Lipinski definition) is 0. The molecule has 3 aromatic rings. The SMILES string of the molecule is COc1cccc([C@H]2CCCN2C(=O)CSc2nncn2-c2ccc(C(C)C)cc2)c1. The van der Waals surface area contributed by atoms with Gasteiger partial charge in [0.25, 0.3) is 0 Å². The van der Waals surface area contributed by atoms with Crippen molar-refractivity contribution in [1.29, 1.82) is 0 Å². The van der Waals surface area contributed by atoms with Crippen LogP contribution in [-0.2, 0) is 4.79 Å². The molecule has 0 bridgehead atoms. The Morgan fingerprint density at radius 1 is 1.23 bits per heavy atom. The molecule has 1 aliphatic heterocycles. The highest BCUT2D eigenvalue weighted by molar-refractivity contribution is 7.99. The molecule has 1 amide bonds. The topological polar surface area (TPSA) is 60.2 Å². The summed E-state index contributed by atoms with van der Waals surface area (Å²) >= 11 is 1.43. The number of carbonyl (C=O) groups excluding carboxylic acids is 1. The first-order chi connectivity index (χ1) is 15.1. The molecule has 2 heterocycles. The van der Waals surface area contributed by atoms with Crippen LogP contribution in [-0.4, -0.2) is 45.0 Å². The number of rotatable bonds is 7. The Labute approximate surface area is 187 Å². The summed E-state index contributed by atoms with van der Waals surface area (Å²) in [5.74, 6) is 1.77. The Kier molecular flexibility index (Phi) is 6.61. The standard InChI is InChI=1S/C24H28N4O2S/c1-17(2)18-9-11-20(12-10-18)28-16-25-26-24(28)31-15-23(29)27-13-5-8-22(27)19-6-4-7-21(14-19)30-3/h4,6-7,9-12,14,16-17,22H,5,8,13,15H2,1-3H3/t22-/m1/s1. The zero-order chi connectivity index (χ0) is 21.8. The van der Waals surface area contributed by atoms with Gasteiger partial charge < -0.3 is 9.64 Å². The van der Waals surface area contributed by atoms with E-state index >= 15 is 0 Å². The van der Waals surface area contributed by atoms with Crippen LogP contribution < -0.4 is 4.74 Å². The zero-order valence-corrected chi connectivity index (χ0v) is 19.0. The molecular weight excluding hydrogens is 408 g/mol. The molecule has 0 spiro atoms. The Morgan fingerprint density at radius 3 is 2.77 bits per heavy atom. The molecule has 162 valence electrons. The summed E-state index contributed by atoms with van der Waals surface area (Å²) in [4.78, 5) is 15.0. The fourth-order valence-corrected chi connectivity index (χ4v) is 4.80. The second-order valence-corrected chi connectivity index (χ2v) is 8.98. The quantitative estimate of drug-likeness (QED) is 0.495. The van der Waals surface area contributed by atoms with Gasteiger partial charge in [-0.2, -0.15) is 0 Å². The van der Waals surface area contributed by atoms with E-state index in [-0.39, 0.29) is 11.9 Å². The summed E-state index contributed by atoms with van der Waals surface area (Å²) in [5.41, 5.74) is 3.42. The second kappa shape index (κ2) is 9.56. The van der Waals surface area contributed by atoms with E-state index < -0.39 is 0 Å². The van der Waals surface area contributed by atoms with Crippen molar-refractivity contribution in [3.63, 3.8) is 0 Å². The van der Waals surface area contributed by atoms with Crippen LogP contribution in [0, 0.1) is 0 Å². The molecule has 0 saturated carbocycles. The third-order valence-corrected chi connectivity index (χ3v) is 6.66. The van der Waals surface area contributed by atoms with E-state index in [1.165, 1.54) is 17.3 Å². The number of likely N-dealkylation sites (tertiary alicyclic amines) is 1. The van der Waals surface area contributed by atoms with Crippen molar-refractivity contribution < 1.29 is 9.53 Å². The molecule has 31 heavy (non-hydrogen) atoms. The molecule has 0 aliphatic carbocycles. The third kappa shape index (κ3) is 4.77. The highest BCUT2D eigenvalue weighted by Crippen LogP contribution is 2.34. The minimum atomic E-state index is 0.102. The lowest BCUT2D eigenvalue weighted by molar-refractivity contribution is -0.129. The van der Waals surface area contributed by atoms with Crippen molar-refractivity contribution in [3.05, 3.63) is 66.0 Å². The number of carbonyl (C=O) groups is 1. The Bertz CT molecular complexity index is 1030. The van der Waals surface area contributed by atoms with E-state index in [0.717, 1.165) is 41.5 Å². The van der Waals surface area contributed by atoms with Crippen LogP contribution in [0.3, 0.4) is 0 Å². The molecule has 1 aliphatic rings. The van der Waals surface area contributed by atoms with Gasteiger partial charge in [-0.25, -0.2) is 0 Å². The van der Waals surface area contributed by atoms with Gasteiger partial charge in [0.1, 0.15) is 12.1 Å². The number of nitrogens with zero attached hydrogens (tertiary/aromatic N) is 4. The number of amides is 1. The summed E-state index contributed by atoms with van der Waals surface area (Å²) in [5, 5.41) is 9.03. The first-order valence-electron chi connectivity index (χ1n) is 10.6. The van der Waals surface area contributed by atoms with E-state index in [1.807, 2.05) is 27.7 Å². The lowest BCUT2D eigenvalue weighted by atomic mass is 10.0. The fraction of sp³-hybridized carbons (Fsp3) is 0.375. The Balaban J connectivity index is 1.44. The molecule has 0 unspecified atom stereocenters. The predicted molar refractivity (Wildman–Crippen MR) is 123 cm³/mol. The molecule has 0 radical (unpaired) electrons. The van der Waals surface area contributed by atoms with Crippen molar-refractivity contribution in [2.45, 2.75) is 43.8 Å². The van der Waals surface area contributed by atoms with Gasteiger partial charge >= 0.3 is 0 Å². The molecule has 1 atom stereocenters. The van der Waals surface area contributed by atoms with Crippen molar-refractivity contribution >= 4 is 17.7 Å². The second-order valence-electron chi connectivity index (χ2n) is 8.04.